The molecule has 2 amide bonds. The Morgan fingerprint density at radius 1 is 1.69 bits per heavy atom. The van der Waals surface area contributed by atoms with Crippen LogP contribution >= 0.6 is 0 Å². The Balaban J connectivity index is 2.54. The zero-order chi connectivity index (χ0) is 9.84. The van der Waals surface area contributed by atoms with Crippen molar-refractivity contribution < 1.29 is 14.1 Å². The zero-order valence-corrected chi connectivity index (χ0v) is 7.03. The quantitative estimate of drug-likeness (QED) is 0.640. The van der Waals surface area contributed by atoms with Gasteiger partial charge in [-0.1, -0.05) is 5.16 Å². The van der Waals surface area contributed by atoms with Gasteiger partial charge in [0.1, 0.15) is 0 Å². The molecule has 0 unspecified atom stereocenters. The summed E-state index contributed by atoms with van der Waals surface area (Å²) in [6, 6.07) is 1.47. The number of aryl methyl sites for hydroxylation is 1. The third-order valence-corrected chi connectivity index (χ3v) is 1.27. The van der Waals surface area contributed by atoms with E-state index in [1.54, 1.807) is 6.92 Å². The van der Waals surface area contributed by atoms with Gasteiger partial charge >= 0.3 is 0 Å². The highest BCUT2D eigenvalue weighted by molar-refractivity contribution is 5.93. The molecule has 1 heterocycles. The minimum absolute atomic E-state index is 0.0683. The molecule has 1 aromatic rings. The highest BCUT2D eigenvalue weighted by Gasteiger charge is 2.11. The SMILES string of the molecule is Cc1cc(C(=O)NCC(N)=O)on1. The molecule has 0 spiro atoms. The second-order valence-corrected chi connectivity index (χ2v) is 2.48. The van der Waals surface area contributed by atoms with Gasteiger partial charge in [-0.25, -0.2) is 0 Å². The molecule has 6 heteroatoms. The average molecular weight is 183 g/mol. The summed E-state index contributed by atoms with van der Waals surface area (Å²) in [6.07, 6.45) is 0. The molecule has 0 fully saturated rings. The summed E-state index contributed by atoms with van der Waals surface area (Å²) in [7, 11) is 0. The van der Waals surface area contributed by atoms with Crippen molar-refractivity contribution in [3.05, 3.63) is 17.5 Å². The first-order valence-corrected chi connectivity index (χ1v) is 3.59. The molecule has 0 atom stereocenters. The second kappa shape index (κ2) is 3.70. The summed E-state index contributed by atoms with van der Waals surface area (Å²) in [5.74, 6) is -1.04. The van der Waals surface area contributed by atoms with Crippen LogP contribution in [0.25, 0.3) is 0 Å². The molecule has 0 bridgehead atoms. The number of nitrogens with one attached hydrogen (secondary N) is 1. The van der Waals surface area contributed by atoms with Crippen LogP contribution in [0.5, 0.6) is 0 Å². The van der Waals surface area contributed by atoms with E-state index in [0.717, 1.165) is 0 Å². The van der Waals surface area contributed by atoms with Crippen LogP contribution in [0.2, 0.25) is 0 Å². The molecule has 0 radical (unpaired) electrons. The number of carbonyl (C=O) groups excluding carboxylic acids is 2. The van der Waals surface area contributed by atoms with Gasteiger partial charge in [-0.2, -0.15) is 0 Å². The fourth-order valence-electron chi connectivity index (χ4n) is 0.725. The van der Waals surface area contributed by atoms with Gasteiger partial charge in [0.2, 0.25) is 11.7 Å². The van der Waals surface area contributed by atoms with E-state index < -0.39 is 11.8 Å². The van der Waals surface area contributed by atoms with Gasteiger partial charge in [-0.3, -0.25) is 9.59 Å². The van der Waals surface area contributed by atoms with Crippen molar-refractivity contribution in [3.63, 3.8) is 0 Å². The first-order valence-electron chi connectivity index (χ1n) is 3.59. The van der Waals surface area contributed by atoms with Crippen LogP contribution in [0.1, 0.15) is 16.2 Å². The zero-order valence-electron chi connectivity index (χ0n) is 7.03. The number of rotatable bonds is 3. The van der Waals surface area contributed by atoms with Gasteiger partial charge in [0, 0.05) is 6.07 Å². The van der Waals surface area contributed by atoms with Gasteiger partial charge in [0.05, 0.1) is 12.2 Å². The molecule has 0 aliphatic carbocycles. The van der Waals surface area contributed by atoms with E-state index in [1.807, 2.05) is 0 Å². The maximum atomic E-state index is 11.1. The molecule has 1 rings (SSSR count). The van der Waals surface area contributed by atoms with E-state index in [-0.39, 0.29) is 12.3 Å². The lowest BCUT2D eigenvalue weighted by Gasteiger charge is -1.96. The summed E-state index contributed by atoms with van der Waals surface area (Å²) in [5, 5.41) is 5.78. The summed E-state index contributed by atoms with van der Waals surface area (Å²) < 4.78 is 4.64. The Morgan fingerprint density at radius 3 is 2.85 bits per heavy atom. The second-order valence-electron chi connectivity index (χ2n) is 2.48. The fraction of sp³-hybridized carbons (Fsp3) is 0.286. The Labute approximate surface area is 74.1 Å². The summed E-state index contributed by atoms with van der Waals surface area (Å²) in [4.78, 5) is 21.4. The molecular weight excluding hydrogens is 174 g/mol. The van der Waals surface area contributed by atoms with Crippen LogP contribution in [0.4, 0.5) is 0 Å². The fourth-order valence-corrected chi connectivity index (χ4v) is 0.725. The van der Waals surface area contributed by atoms with Crippen molar-refractivity contribution in [1.82, 2.24) is 10.5 Å². The lowest BCUT2D eigenvalue weighted by atomic mass is 10.3. The van der Waals surface area contributed by atoms with Gasteiger partial charge in [0.15, 0.2) is 0 Å². The van der Waals surface area contributed by atoms with E-state index in [9.17, 15) is 9.59 Å². The van der Waals surface area contributed by atoms with Crippen LogP contribution in [0.15, 0.2) is 10.6 Å². The summed E-state index contributed by atoms with van der Waals surface area (Å²) in [5.41, 5.74) is 5.43. The van der Waals surface area contributed by atoms with Crippen molar-refractivity contribution in [3.8, 4) is 0 Å². The predicted octanol–water partition coefficient (Wildman–Crippen LogP) is -0.802. The van der Waals surface area contributed by atoms with E-state index in [2.05, 4.69) is 15.0 Å². The van der Waals surface area contributed by atoms with Gasteiger partial charge < -0.3 is 15.6 Å². The van der Waals surface area contributed by atoms with Gasteiger partial charge in [-0.15, -0.1) is 0 Å². The Bertz CT molecular complexity index is 331. The van der Waals surface area contributed by atoms with Crippen LogP contribution in [-0.4, -0.2) is 23.5 Å². The lowest BCUT2D eigenvalue weighted by Crippen LogP contribution is -2.33. The first-order chi connectivity index (χ1) is 6.09. The molecule has 0 aromatic carbocycles. The van der Waals surface area contributed by atoms with Gasteiger partial charge in [-0.05, 0) is 6.92 Å². The maximum absolute atomic E-state index is 11.1. The molecule has 70 valence electrons. The highest BCUT2D eigenvalue weighted by atomic mass is 16.5. The number of hydrogen-bond acceptors (Lipinski definition) is 4. The van der Waals surface area contributed by atoms with Crippen molar-refractivity contribution in [2.24, 2.45) is 5.73 Å². The standard InChI is InChI=1S/C7H9N3O3/c1-4-2-5(13-10-4)7(12)9-3-6(8)11/h2H,3H2,1H3,(H2,8,11)(H,9,12). The smallest absolute Gasteiger partial charge is 0.290 e. The average Bonchev–Trinajstić information content (AvgIpc) is 2.47. The largest absolute Gasteiger partial charge is 0.368 e. The van der Waals surface area contributed by atoms with Crippen molar-refractivity contribution in [2.45, 2.75) is 6.92 Å². The Hall–Kier alpha value is -1.85. The number of nitrogens with two attached hydrogens (primary N) is 1. The molecule has 13 heavy (non-hydrogen) atoms. The Morgan fingerprint density at radius 2 is 2.38 bits per heavy atom. The van der Waals surface area contributed by atoms with Crippen molar-refractivity contribution in [2.75, 3.05) is 6.54 Å². The van der Waals surface area contributed by atoms with Crippen LogP contribution in [-0.2, 0) is 4.79 Å². The number of aromatic nitrogens is 1. The predicted molar refractivity (Wildman–Crippen MR) is 42.8 cm³/mol. The van der Waals surface area contributed by atoms with E-state index in [4.69, 9.17) is 5.73 Å². The molecule has 1 aromatic heterocycles. The molecule has 3 N–H and O–H groups in total. The summed E-state index contributed by atoms with van der Waals surface area (Å²) >= 11 is 0. The number of amides is 2. The van der Waals surface area contributed by atoms with Crippen molar-refractivity contribution >= 4 is 11.8 Å². The molecule has 0 saturated heterocycles. The van der Waals surface area contributed by atoms with E-state index >= 15 is 0 Å². The highest BCUT2D eigenvalue weighted by Crippen LogP contribution is 2.00. The lowest BCUT2D eigenvalue weighted by molar-refractivity contribution is -0.117. The minimum atomic E-state index is -0.607. The molecule has 0 aliphatic heterocycles. The normalized spacial score (nSPS) is 9.62. The summed E-state index contributed by atoms with van der Waals surface area (Å²) in [6.45, 7) is 1.48. The first kappa shape index (κ1) is 9.24. The number of carbonyl (C=O) groups is 2. The third kappa shape index (κ3) is 2.58. The minimum Gasteiger partial charge on any atom is -0.368 e. The topological polar surface area (TPSA) is 98.2 Å². The Kier molecular flexibility index (Phi) is 2.63. The molecular formula is C7H9N3O3. The number of nitrogens with zero attached hydrogens (tertiary/aromatic N) is 1. The van der Waals surface area contributed by atoms with Crippen LogP contribution in [0, 0.1) is 6.92 Å². The van der Waals surface area contributed by atoms with E-state index in [1.165, 1.54) is 6.07 Å². The van der Waals surface area contributed by atoms with Crippen LogP contribution in [0.3, 0.4) is 0 Å². The number of hydrogen-bond donors (Lipinski definition) is 2. The third-order valence-electron chi connectivity index (χ3n) is 1.27. The molecule has 0 aliphatic rings. The number of primary amides is 1. The molecule has 0 saturated carbocycles. The van der Waals surface area contributed by atoms with Crippen molar-refractivity contribution in [1.29, 1.82) is 0 Å². The van der Waals surface area contributed by atoms with Gasteiger partial charge in [0.25, 0.3) is 5.91 Å². The van der Waals surface area contributed by atoms with Crippen LogP contribution < -0.4 is 11.1 Å². The maximum Gasteiger partial charge on any atom is 0.290 e. The monoisotopic (exact) mass is 183 g/mol. The molecule has 6 nitrogen and oxygen atoms in total. The van der Waals surface area contributed by atoms with E-state index in [0.29, 0.717) is 5.69 Å².